The van der Waals surface area contributed by atoms with Crippen molar-refractivity contribution in [3.8, 4) is 0 Å². The Morgan fingerprint density at radius 3 is 3.12 bits per heavy atom. The van der Waals surface area contributed by atoms with Crippen LogP contribution in [0.25, 0.3) is 0 Å². The van der Waals surface area contributed by atoms with Crippen LogP contribution in [0, 0.1) is 5.92 Å². The first-order valence-electron chi connectivity index (χ1n) is 6.32. The first kappa shape index (κ1) is 12.8. The lowest BCUT2D eigenvalue weighted by Crippen LogP contribution is -2.35. The molecule has 0 saturated carbocycles. The monoisotopic (exact) mass is 253 g/mol. The van der Waals surface area contributed by atoms with E-state index < -0.39 is 0 Å². The van der Waals surface area contributed by atoms with Gasteiger partial charge in [-0.3, -0.25) is 4.90 Å². The number of rotatable bonds is 4. The smallest absolute Gasteiger partial charge is 0.129 e. The van der Waals surface area contributed by atoms with Crippen molar-refractivity contribution in [2.75, 3.05) is 19.6 Å². The molecule has 94 valence electrons. The number of nitrogens with two attached hydrogens (primary N) is 1. The Kier molecular flexibility index (Phi) is 4.77. The number of hydrogen-bond acceptors (Lipinski definition) is 3. The van der Waals surface area contributed by atoms with Crippen molar-refractivity contribution in [1.82, 2.24) is 9.88 Å². The summed E-state index contributed by atoms with van der Waals surface area (Å²) in [5.41, 5.74) is 6.69. The van der Waals surface area contributed by atoms with E-state index in [0.29, 0.717) is 5.15 Å². The molecule has 1 unspecified atom stereocenters. The molecule has 0 amide bonds. The van der Waals surface area contributed by atoms with Crippen molar-refractivity contribution in [3.05, 3.63) is 29.0 Å². The zero-order valence-corrected chi connectivity index (χ0v) is 10.9. The van der Waals surface area contributed by atoms with Gasteiger partial charge in [-0.15, -0.1) is 0 Å². The van der Waals surface area contributed by atoms with Crippen LogP contribution in [0.5, 0.6) is 0 Å². The van der Waals surface area contributed by atoms with Crippen LogP contribution in [0.3, 0.4) is 0 Å². The Morgan fingerprint density at radius 1 is 1.47 bits per heavy atom. The molecule has 0 aliphatic carbocycles. The lowest BCUT2D eigenvalue weighted by molar-refractivity contribution is 0.161. The van der Waals surface area contributed by atoms with Gasteiger partial charge < -0.3 is 5.73 Å². The predicted molar refractivity (Wildman–Crippen MR) is 70.9 cm³/mol. The fourth-order valence-electron chi connectivity index (χ4n) is 2.53. The van der Waals surface area contributed by atoms with E-state index >= 15 is 0 Å². The summed E-state index contributed by atoms with van der Waals surface area (Å²) in [6.07, 6.45) is 3.72. The lowest BCUT2D eigenvalue weighted by Gasteiger charge is -2.32. The van der Waals surface area contributed by atoms with Crippen LogP contribution in [-0.4, -0.2) is 29.5 Å². The molecular weight excluding hydrogens is 234 g/mol. The molecule has 1 saturated heterocycles. The number of piperidine rings is 1. The SMILES string of the molecule is NCCC1CCCN(Cc2cccc(Cl)n2)C1. The maximum atomic E-state index is 5.89. The summed E-state index contributed by atoms with van der Waals surface area (Å²) in [4.78, 5) is 6.80. The third-order valence-corrected chi connectivity index (χ3v) is 3.55. The molecule has 3 nitrogen and oxygen atoms in total. The molecule has 1 aromatic rings. The minimum atomic E-state index is 0.581. The summed E-state index contributed by atoms with van der Waals surface area (Å²) in [7, 11) is 0. The minimum absolute atomic E-state index is 0.581. The number of halogens is 1. The second kappa shape index (κ2) is 6.34. The van der Waals surface area contributed by atoms with Crippen LogP contribution >= 0.6 is 11.6 Å². The van der Waals surface area contributed by atoms with Crippen molar-refractivity contribution >= 4 is 11.6 Å². The predicted octanol–water partition coefficient (Wildman–Crippen LogP) is 2.30. The first-order valence-corrected chi connectivity index (χ1v) is 6.69. The van der Waals surface area contributed by atoms with E-state index in [2.05, 4.69) is 9.88 Å². The van der Waals surface area contributed by atoms with Gasteiger partial charge >= 0.3 is 0 Å². The molecule has 2 heterocycles. The summed E-state index contributed by atoms with van der Waals surface area (Å²) in [6.45, 7) is 4.01. The Morgan fingerprint density at radius 2 is 2.35 bits per heavy atom. The molecule has 4 heteroatoms. The van der Waals surface area contributed by atoms with Crippen LogP contribution in [0.1, 0.15) is 25.0 Å². The topological polar surface area (TPSA) is 42.1 Å². The number of nitrogens with zero attached hydrogens (tertiary/aromatic N) is 2. The molecule has 1 aromatic heterocycles. The van der Waals surface area contributed by atoms with Gasteiger partial charge in [-0.2, -0.15) is 0 Å². The van der Waals surface area contributed by atoms with Crippen molar-refractivity contribution in [2.24, 2.45) is 11.7 Å². The summed E-state index contributed by atoms with van der Waals surface area (Å²) < 4.78 is 0. The highest BCUT2D eigenvalue weighted by Crippen LogP contribution is 2.20. The van der Waals surface area contributed by atoms with Crippen LogP contribution in [0.15, 0.2) is 18.2 Å². The molecule has 1 aliphatic rings. The molecule has 0 radical (unpaired) electrons. The average Bonchev–Trinajstić information content (AvgIpc) is 2.30. The van der Waals surface area contributed by atoms with Gasteiger partial charge in [0, 0.05) is 13.1 Å². The maximum absolute atomic E-state index is 5.89. The van der Waals surface area contributed by atoms with Gasteiger partial charge in [0.15, 0.2) is 0 Å². The van der Waals surface area contributed by atoms with E-state index in [1.54, 1.807) is 0 Å². The molecule has 1 atom stereocenters. The van der Waals surface area contributed by atoms with E-state index in [1.165, 1.54) is 12.8 Å². The second-order valence-electron chi connectivity index (χ2n) is 4.77. The van der Waals surface area contributed by atoms with Crippen molar-refractivity contribution < 1.29 is 0 Å². The van der Waals surface area contributed by atoms with E-state index in [0.717, 1.165) is 44.2 Å². The summed E-state index contributed by atoms with van der Waals surface area (Å²) in [5.74, 6) is 0.757. The Bertz CT molecular complexity index is 354. The molecule has 1 fully saturated rings. The van der Waals surface area contributed by atoms with Gasteiger partial charge in [0.05, 0.1) is 5.69 Å². The van der Waals surface area contributed by atoms with Crippen LogP contribution in [0.4, 0.5) is 0 Å². The first-order chi connectivity index (χ1) is 8.28. The molecular formula is C13H20ClN3. The zero-order chi connectivity index (χ0) is 12.1. The van der Waals surface area contributed by atoms with E-state index in [4.69, 9.17) is 17.3 Å². The third-order valence-electron chi connectivity index (χ3n) is 3.34. The molecule has 0 bridgehead atoms. The number of pyridine rings is 1. The van der Waals surface area contributed by atoms with Crippen molar-refractivity contribution in [3.63, 3.8) is 0 Å². The summed E-state index contributed by atoms with van der Waals surface area (Å²) >= 11 is 5.89. The number of hydrogen-bond donors (Lipinski definition) is 1. The highest BCUT2D eigenvalue weighted by Gasteiger charge is 2.19. The van der Waals surface area contributed by atoms with Gasteiger partial charge in [0.25, 0.3) is 0 Å². The van der Waals surface area contributed by atoms with Gasteiger partial charge in [-0.05, 0) is 50.4 Å². The number of aromatic nitrogens is 1. The van der Waals surface area contributed by atoms with Crippen LogP contribution in [0.2, 0.25) is 5.15 Å². The van der Waals surface area contributed by atoms with Crippen LogP contribution < -0.4 is 5.73 Å². The molecule has 2 N–H and O–H groups in total. The quantitative estimate of drug-likeness (QED) is 0.838. The Balaban J connectivity index is 1.90. The van der Waals surface area contributed by atoms with Gasteiger partial charge in [-0.1, -0.05) is 17.7 Å². The second-order valence-corrected chi connectivity index (χ2v) is 5.16. The van der Waals surface area contributed by atoms with E-state index in [9.17, 15) is 0 Å². The Labute approximate surface area is 108 Å². The average molecular weight is 254 g/mol. The third kappa shape index (κ3) is 3.95. The fraction of sp³-hybridized carbons (Fsp3) is 0.615. The lowest BCUT2D eigenvalue weighted by atomic mass is 9.95. The highest BCUT2D eigenvalue weighted by atomic mass is 35.5. The summed E-state index contributed by atoms with van der Waals surface area (Å²) in [6, 6.07) is 5.82. The van der Waals surface area contributed by atoms with Crippen LogP contribution in [-0.2, 0) is 6.54 Å². The summed E-state index contributed by atoms with van der Waals surface area (Å²) in [5, 5.41) is 0.581. The maximum Gasteiger partial charge on any atom is 0.129 e. The van der Waals surface area contributed by atoms with Gasteiger partial charge in [0.2, 0.25) is 0 Å². The van der Waals surface area contributed by atoms with Gasteiger partial charge in [0.1, 0.15) is 5.15 Å². The minimum Gasteiger partial charge on any atom is -0.330 e. The molecule has 0 aromatic carbocycles. The standard InChI is InChI=1S/C13H20ClN3/c14-13-5-1-4-12(16-13)10-17-8-2-3-11(9-17)6-7-15/h1,4-5,11H,2-3,6-10,15H2. The van der Waals surface area contributed by atoms with Crippen molar-refractivity contribution in [2.45, 2.75) is 25.8 Å². The normalized spacial score (nSPS) is 21.6. The molecule has 17 heavy (non-hydrogen) atoms. The zero-order valence-electron chi connectivity index (χ0n) is 10.1. The van der Waals surface area contributed by atoms with E-state index in [-0.39, 0.29) is 0 Å². The van der Waals surface area contributed by atoms with E-state index in [1.807, 2.05) is 18.2 Å². The highest BCUT2D eigenvalue weighted by molar-refractivity contribution is 6.29. The van der Waals surface area contributed by atoms with Gasteiger partial charge in [-0.25, -0.2) is 4.98 Å². The molecule has 0 spiro atoms. The number of likely N-dealkylation sites (tertiary alicyclic amines) is 1. The largest absolute Gasteiger partial charge is 0.330 e. The van der Waals surface area contributed by atoms with Crippen molar-refractivity contribution in [1.29, 1.82) is 0 Å². The Hall–Kier alpha value is -0.640. The molecule has 2 rings (SSSR count). The molecule has 1 aliphatic heterocycles. The fourth-order valence-corrected chi connectivity index (χ4v) is 2.71.